The Hall–Kier alpha value is -0.380. The molecule has 0 rings (SSSR count). The topological polar surface area (TPSA) is 64.6 Å². The van der Waals surface area contributed by atoms with Crippen LogP contribution in [0.2, 0.25) is 0 Å². The van der Waals surface area contributed by atoms with Gasteiger partial charge in [-0.15, -0.1) is 0 Å². The van der Waals surface area contributed by atoms with Gasteiger partial charge in [-0.2, -0.15) is 0 Å². The van der Waals surface area contributed by atoms with Gasteiger partial charge in [-0.1, -0.05) is 19.8 Å². The number of nitrogens with one attached hydrogen (secondary N) is 1. The lowest BCUT2D eigenvalue weighted by Crippen LogP contribution is -2.43. The summed E-state index contributed by atoms with van der Waals surface area (Å²) in [4.78, 5) is 11.7. The summed E-state index contributed by atoms with van der Waals surface area (Å²) in [5.74, 6) is -0.227. The Kier molecular flexibility index (Phi) is 10.2. The minimum atomic E-state index is -2.50. The van der Waals surface area contributed by atoms with Gasteiger partial charge in [0.2, 0.25) is 0 Å². The average Bonchev–Trinajstić information content (AvgIpc) is 2.40. The number of hydrogen-bond acceptors (Lipinski definition) is 5. The van der Waals surface area contributed by atoms with E-state index in [1.807, 2.05) is 13.8 Å². The van der Waals surface area contributed by atoms with Crippen molar-refractivity contribution >= 4 is 13.3 Å². The van der Waals surface area contributed by atoms with Crippen molar-refractivity contribution in [1.82, 2.24) is 5.32 Å². The Morgan fingerprint density at radius 1 is 1.30 bits per heavy atom. The summed E-state index contributed by atoms with van der Waals surface area (Å²) in [7, 11) is -1.09. The summed E-state index contributed by atoms with van der Waals surface area (Å²) >= 11 is 0. The average molecular weight is 307 g/mol. The van der Waals surface area contributed by atoms with Gasteiger partial charge in [0.25, 0.3) is 0 Å². The van der Waals surface area contributed by atoms with Gasteiger partial charge >= 0.3 is 5.97 Å². The molecular formula is C14H30NO4P. The maximum absolute atomic E-state index is 12.0. The van der Waals surface area contributed by atoms with Crippen LogP contribution in [-0.2, 0) is 18.6 Å². The second-order valence-electron chi connectivity index (χ2n) is 5.23. The molecule has 0 spiro atoms. The molecule has 20 heavy (non-hydrogen) atoms. The molecule has 120 valence electrons. The summed E-state index contributed by atoms with van der Waals surface area (Å²) < 4.78 is 22.1. The summed E-state index contributed by atoms with van der Waals surface area (Å²) in [6.07, 6.45) is 4.02. The lowest BCUT2D eigenvalue weighted by atomic mass is 10.1. The fraction of sp³-hybridized carbons (Fsp3) is 0.929. The third-order valence-electron chi connectivity index (χ3n) is 3.19. The quantitative estimate of drug-likeness (QED) is 0.469. The largest absolute Gasteiger partial charge is 0.468 e. The van der Waals surface area contributed by atoms with Gasteiger partial charge in [-0.3, -0.25) is 9.36 Å². The molecule has 0 aliphatic heterocycles. The van der Waals surface area contributed by atoms with Gasteiger partial charge < -0.3 is 14.6 Å². The highest BCUT2D eigenvalue weighted by atomic mass is 31.2. The fourth-order valence-corrected chi connectivity index (χ4v) is 3.54. The number of rotatable bonds is 11. The van der Waals surface area contributed by atoms with Gasteiger partial charge in [-0.05, 0) is 26.7 Å². The Morgan fingerprint density at radius 3 is 2.45 bits per heavy atom. The zero-order chi connectivity index (χ0) is 15.6. The number of methoxy groups -OCH3 is 1. The van der Waals surface area contributed by atoms with Crippen molar-refractivity contribution in [1.29, 1.82) is 0 Å². The number of carbonyl (C=O) groups excluding carboxylic acids is 1. The molecule has 0 amide bonds. The highest BCUT2D eigenvalue weighted by Gasteiger charge is 2.22. The van der Waals surface area contributed by atoms with E-state index in [1.165, 1.54) is 7.11 Å². The Morgan fingerprint density at radius 2 is 1.95 bits per heavy atom. The van der Waals surface area contributed by atoms with E-state index in [4.69, 9.17) is 9.26 Å². The minimum absolute atomic E-state index is 0.102. The number of hydrogen-bond donors (Lipinski definition) is 1. The molecule has 0 fully saturated rings. The van der Waals surface area contributed by atoms with Crippen LogP contribution in [0.15, 0.2) is 0 Å². The van der Waals surface area contributed by atoms with Crippen LogP contribution < -0.4 is 5.32 Å². The van der Waals surface area contributed by atoms with Crippen molar-refractivity contribution in [3.8, 4) is 0 Å². The predicted octanol–water partition coefficient (Wildman–Crippen LogP) is 3.03. The molecule has 0 saturated heterocycles. The lowest BCUT2D eigenvalue weighted by Gasteiger charge is -2.22. The van der Waals surface area contributed by atoms with Gasteiger partial charge in [0.15, 0.2) is 7.37 Å². The first kappa shape index (κ1) is 19.6. The van der Waals surface area contributed by atoms with Crippen molar-refractivity contribution in [3.63, 3.8) is 0 Å². The number of carbonyl (C=O) groups is 1. The third kappa shape index (κ3) is 8.72. The molecule has 0 aromatic heterocycles. The van der Waals surface area contributed by atoms with Crippen LogP contribution in [0.3, 0.4) is 0 Å². The van der Waals surface area contributed by atoms with Crippen LogP contribution in [-0.4, -0.2) is 44.6 Å². The maximum atomic E-state index is 12.0. The van der Waals surface area contributed by atoms with E-state index in [0.717, 1.165) is 19.3 Å². The molecule has 3 atom stereocenters. The van der Waals surface area contributed by atoms with Crippen molar-refractivity contribution in [2.75, 3.05) is 26.5 Å². The molecule has 0 aromatic carbocycles. The van der Waals surface area contributed by atoms with Crippen LogP contribution in [0.5, 0.6) is 0 Å². The first-order chi connectivity index (χ1) is 9.36. The van der Waals surface area contributed by atoms with Crippen LogP contribution in [0.1, 0.15) is 46.5 Å². The normalized spacial score (nSPS) is 17.2. The maximum Gasteiger partial charge on any atom is 0.322 e. The summed E-state index contributed by atoms with van der Waals surface area (Å²) in [6, 6.07) is -0.178. The molecule has 0 aromatic rings. The van der Waals surface area contributed by atoms with E-state index in [9.17, 15) is 9.36 Å². The van der Waals surface area contributed by atoms with Crippen LogP contribution in [0.4, 0.5) is 0 Å². The molecule has 6 heteroatoms. The van der Waals surface area contributed by atoms with Crippen molar-refractivity contribution in [2.45, 2.75) is 58.5 Å². The first-order valence-corrected chi connectivity index (χ1v) is 9.67. The predicted molar refractivity (Wildman–Crippen MR) is 82.6 cm³/mol. The SMILES string of the molecule is CCCC[C@H](N[C@H](C)CC[P@@](C)(=O)OCC)C(=O)OC. The molecule has 0 saturated carbocycles. The highest BCUT2D eigenvalue weighted by Crippen LogP contribution is 2.43. The van der Waals surface area contributed by atoms with Crippen molar-refractivity contribution in [3.05, 3.63) is 0 Å². The number of ether oxygens (including phenoxy) is 1. The highest BCUT2D eigenvalue weighted by molar-refractivity contribution is 7.58. The van der Waals surface area contributed by atoms with Gasteiger partial charge in [0, 0.05) is 18.9 Å². The smallest absolute Gasteiger partial charge is 0.322 e. The second kappa shape index (κ2) is 10.4. The number of unbranched alkanes of at least 4 members (excludes halogenated alkanes) is 1. The summed E-state index contributed by atoms with van der Waals surface area (Å²) in [6.45, 7) is 8.06. The van der Waals surface area contributed by atoms with E-state index >= 15 is 0 Å². The monoisotopic (exact) mass is 307 g/mol. The van der Waals surface area contributed by atoms with Gasteiger partial charge in [-0.25, -0.2) is 0 Å². The molecule has 0 aliphatic rings. The van der Waals surface area contributed by atoms with Gasteiger partial charge in [0.05, 0.1) is 13.7 Å². The van der Waals surface area contributed by atoms with Gasteiger partial charge in [0.1, 0.15) is 6.04 Å². The van der Waals surface area contributed by atoms with E-state index < -0.39 is 7.37 Å². The fourth-order valence-electron chi connectivity index (χ4n) is 2.01. The van der Waals surface area contributed by atoms with Crippen LogP contribution in [0.25, 0.3) is 0 Å². The Balaban J connectivity index is 4.27. The molecule has 0 aliphatic carbocycles. The zero-order valence-corrected chi connectivity index (χ0v) is 14.4. The first-order valence-electron chi connectivity index (χ1n) is 7.41. The number of esters is 1. The molecule has 5 nitrogen and oxygen atoms in total. The molecule has 0 bridgehead atoms. The van der Waals surface area contributed by atoms with E-state index in [0.29, 0.717) is 19.2 Å². The molecular weight excluding hydrogens is 277 g/mol. The third-order valence-corrected chi connectivity index (χ3v) is 5.06. The van der Waals surface area contributed by atoms with E-state index in [2.05, 4.69) is 12.2 Å². The zero-order valence-electron chi connectivity index (χ0n) is 13.5. The van der Waals surface area contributed by atoms with E-state index in [-0.39, 0.29) is 18.1 Å². The summed E-state index contributed by atoms with van der Waals surface area (Å²) in [5.41, 5.74) is 0. The molecule has 0 heterocycles. The lowest BCUT2D eigenvalue weighted by molar-refractivity contribution is -0.143. The van der Waals surface area contributed by atoms with Crippen molar-refractivity contribution < 1.29 is 18.6 Å². The van der Waals surface area contributed by atoms with Crippen LogP contribution in [0, 0.1) is 0 Å². The minimum Gasteiger partial charge on any atom is -0.468 e. The molecule has 0 unspecified atom stereocenters. The van der Waals surface area contributed by atoms with Crippen molar-refractivity contribution in [2.24, 2.45) is 0 Å². The van der Waals surface area contributed by atoms with E-state index in [1.54, 1.807) is 6.66 Å². The molecule has 0 radical (unpaired) electrons. The molecule has 1 N–H and O–H groups in total. The Labute approximate surface area is 123 Å². The summed E-state index contributed by atoms with van der Waals surface area (Å²) in [5, 5.41) is 3.27. The Bertz CT molecular complexity index is 322. The standard InChI is InChI=1S/C14H30NO4P/c1-6-8-9-13(14(16)18-4)15-12(3)10-11-20(5,17)19-7-2/h12-13,15H,6-11H2,1-5H3/t12-,13+,20+/m1/s1. The van der Waals surface area contributed by atoms with Crippen LogP contribution >= 0.6 is 7.37 Å². The second-order valence-corrected chi connectivity index (χ2v) is 7.96.